The highest BCUT2D eigenvalue weighted by molar-refractivity contribution is 5.92. The van der Waals surface area contributed by atoms with Gasteiger partial charge in [-0.3, -0.25) is 18.7 Å². The number of anilines is 2. The molecule has 0 aliphatic carbocycles. The van der Waals surface area contributed by atoms with E-state index in [4.69, 9.17) is 10.5 Å². The Morgan fingerprint density at radius 2 is 1.95 bits per heavy atom. The van der Waals surface area contributed by atoms with E-state index in [9.17, 15) is 14.4 Å². The maximum atomic E-state index is 11.9. The summed E-state index contributed by atoms with van der Waals surface area (Å²) in [6.07, 6.45) is 0.744. The van der Waals surface area contributed by atoms with Crippen LogP contribution in [-0.2, 0) is 23.6 Å². The molecule has 0 unspecified atom stereocenters. The molecule has 8 heteroatoms. The first kappa shape index (κ1) is 15.0. The molecule has 106 valence electrons. The van der Waals surface area contributed by atoms with Crippen molar-refractivity contribution in [3.8, 4) is 0 Å². The summed E-state index contributed by atoms with van der Waals surface area (Å²) >= 11 is 0. The predicted octanol–water partition coefficient (Wildman–Crippen LogP) is -0.969. The van der Waals surface area contributed by atoms with E-state index in [2.05, 4.69) is 5.32 Å². The molecule has 0 aliphatic heterocycles. The normalized spacial score (nSPS) is 10.5. The van der Waals surface area contributed by atoms with Crippen LogP contribution in [0.25, 0.3) is 0 Å². The molecule has 0 spiro atoms. The van der Waals surface area contributed by atoms with E-state index in [1.54, 1.807) is 7.11 Å². The van der Waals surface area contributed by atoms with E-state index < -0.39 is 11.2 Å². The molecule has 1 aromatic rings. The monoisotopic (exact) mass is 270 g/mol. The van der Waals surface area contributed by atoms with E-state index in [0.29, 0.717) is 13.0 Å². The number of nitrogens with one attached hydrogen (secondary N) is 1. The van der Waals surface area contributed by atoms with Crippen LogP contribution in [0.5, 0.6) is 0 Å². The van der Waals surface area contributed by atoms with Crippen molar-refractivity contribution < 1.29 is 9.53 Å². The third-order valence-electron chi connectivity index (χ3n) is 2.73. The van der Waals surface area contributed by atoms with Gasteiger partial charge in [-0.25, -0.2) is 4.79 Å². The van der Waals surface area contributed by atoms with E-state index >= 15 is 0 Å². The Balaban J connectivity index is 3.00. The summed E-state index contributed by atoms with van der Waals surface area (Å²) in [5, 5.41) is 2.43. The summed E-state index contributed by atoms with van der Waals surface area (Å²) in [7, 11) is 4.29. The molecule has 19 heavy (non-hydrogen) atoms. The quantitative estimate of drug-likeness (QED) is 0.669. The first-order chi connectivity index (χ1) is 8.90. The van der Waals surface area contributed by atoms with E-state index in [-0.39, 0.29) is 23.8 Å². The van der Waals surface area contributed by atoms with Gasteiger partial charge >= 0.3 is 5.69 Å². The van der Waals surface area contributed by atoms with Crippen molar-refractivity contribution in [2.75, 3.05) is 24.8 Å². The molecule has 1 aromatic heterocycles. The molecule has 0 aromatic carbocycles. The van der Waals surface area contributed by atoms with Gasteiger partial charge in [-0.15, -0.1) is 0 Å². The van der Waals surface area contributed by atoms with E-state index in [0.717, 1.165) is 9.13 Å². The number of hydrogen-bond donors (Lipinski definition) is 2. The van der Waals surface area contributed by atoms with Gasteiger partial charge in [0.05, 0.1) is 0 Å². The molecule has 0 bridgehead atoms. The maximum absolute atomic E-state index is 11.9. The number of amides is 1. The van der Waals surface area contributed by atoms with Crippen LogP contribution in [0, 0.1) is 0 Å². The van der Waals surface area contributed by atoms with Crippen LogP contribution in [0.3, 0.4) is 0 Å². The molecule has 0 atom stereocenters. The van der Waals surface area contributed by atoms with Gasteiger partial charge in [-0.2, -0.15) is 0 Å². The largest absolute Gasteiger partial charge is 0.385 e. The van der Waals surface area contributed by atoms with Crippen LogP contribution in [0.1, 0.15) is 12.8 Å². The van der Waals surface area contributed by atoms with Crippen molar-refractivity contribution in [1.82, 2.24) is 9.13 Å². The number of carbonyl (C=O) groups excluding carboxylic acids is 1. The van der Waals surface area contributed by atoms with Gasteiger partial charge in [0.15, 0.2) is 0 Å². The van der Waals surface area contributed by atoms with Gasteiger partial charge in [0.2, 0.25) is 5.91 Å². The average molecular weight is 270 g/mol. The molecular weight excluding hydrogens is 252 g/mol. The smallest absolute Gasteiger partial charge is 0.332 e. The molecule has 1 amide bonds. The second kappa shape index (κ2) is 6.19. The number of methoxy groups -OCH3 is 1. The van der Waals surface area contributed by atoms with Gasteiger partial charge in [0.1, 0.15) is 11.5 Å². The SMILES string of the molecule is COCCCC(=O)Nc1c(N)n(C)c(=O)n(C)c1=O. The zero-order chi connectivity index (χ0) is 14.6. The summed E-state index contributed by atoms with van der Waals surface area (Å²) in [4.78, 5) is 35.1. The number of nitrogen functional groups attached to an aromatic ring is 1. The Morgan fingerprint density at radius 3 is 2.53 bits per heavy atom. The number of aromatic nitrogens is 2. The van der Waals surface area contributed by atoms with E-state index in [1.807, 2.05) is 0 Å². The molecule has 1 rings (SSSR count). The summed E-state index contributed by atoms with van der Waals surface area (Å²) in [5.74, 6) is -0.410. The van der Waals surface area contributed by atoms with Crippen LogP contribution < -0.4 is 22.3 Å². The van der Waals surface area contributed by atoms with Gasteiger partial charge in [0, 0.05) is 34.2 Å². The number of nitrogens with two attached hydrogens (primary N) is 1. The minimum atomic E-state index is -0.624. The van der Waals surface area contributed by atoms with Gasteiger partial charge in [-0.1, -0.05) is 0 Å². The number of rotatable bonds is 5. The minimum absolute atomic E-state index is 0.0619. The van der Waals surface area contributed by atoms with Gasteiger partial charge in [0.25, 0.3) is 5.56 Å². The number of ether oxygens (including phenoxy) is 1. The Hall–Kier alpha value is -2.09. The van der Waals surface area contributed by atoms with Crippen LogP contribution in [0.2, 0.25) is 0 Å². The highest BCUT2D eigenvalue weighted by Gasteiger charge is 2.15. The fraction of sp³-hybridized carbons (Fsp3) is 0.545. The molecule has 8 nitrogen and oxygen atoms in total. The first-order valence-corrected chi connectivity index (χ1v) is 5.74. The molecule has 0 saturated carbocycles. The topological polar surface area (TPSA) is 108 Å². The lowest BCUT2D eigenvalue weighted by molar-refractivity contribution is -0.116. The van der Waals surface area contributed by atoms with Crippen LogP contribution in [-0.4, -0.2) is 28.8 Å². The van der Waals surface area contributed by atoms with E-state index in [1.165, 1.54) is 14.1 Å². The Bertz CT molecular complexity index is 588. The maximum Gasteiger partial charge on any atom is 0.332 e. The van der Waals surface area contributed by atoms with Crippen molar-refractivity contribution in [3.05, 3.63) is 20.8 Å². The Labute approximate surface area is 109 Å². The Kier molecular flexibility index (Phi) is 4.87. The third-order valence-corrected chi connectivity index (χ3v) is 2.73. The second-order valence-corrected chi connectivity index (χ2v) is 4.11. The standard InChI is InChI=1S/C11H18N4O4/c1-14-9(12)8(10(17)15(2)11(14)18)13-7(16)5-4-6-19-3/h4-6,12H2,1-3H3,(H,13,16). The zero-order valence-electron chi connectivity index (χ0n) is 11.2. The summed E-state index contributed by atoms with van der Waals surface area (Å²) in [6, 6.07) is 0. The number of hydrogen-bond acceptors (Lipinski definition) is 5. The van der Waals surface area contributed by atoms with Gasteiger partial charge in [-0.05, 0) is 6.42 Å². The molecule has 1 heterocycles. The second-order valence-electron chi connectivity index (χ2n) is 4.11. The van der Waals surface area contributed by atoms with Crippen molar-refractivity contribution >= 4 is 17.4 Å². The van der Waals surface area contributed by atoms with Crippen LogP contribution in [0.4, 0.5) is 11.5 Å². The molecule has 0 saturated heterocycles. The lowest BCUT2D eigenvalue weighted by Gasteiger charge is -2.12. The van der Waals surface area contributed by atoms with Crippen LogP contribution >= 0.6 is 0 Å². The average Bonchev–Trinajstić information content (AvgIpc) is 2.39. The predicted molar refractivity (Wildman–Crippen MR) is 71.1 cm³/mol. The molecule has 0 aliphatic rings. The molecular formula is C11H18N4O4. The lowest BCUT2D eigenvalue weighted by Crippen LogP contribution is -2.40. The van der Waals surface area contributed by atoms with Crippen molar-refractivity contribution in [3.63, 3.8) is 0 Å². The van der Waals surface area contributed by atoms with Crippen molar-refractivity contribution in [2.45, 2.75) is 12.8 Å². The summed E-state index contributed by atoms with van der Waals surface area (Å²) in [5.41, 5.74) is 4.42. The lowest BCUT2D eigenvalue weighted by atomic mass is 10.3. The molecule has 0 radical (unpaired) electrons. The van der Waals surface area contributed by atoms with Crippen LogP contribution in [0.15, 0.2) is 9.59 Å². The number of carbonyl (C=O) groups is 1. The Morgan fingerprint density at radius 1 is 1.32 bits per heavy atom. The van der Waals surface area contributed by atoms with Crippen molar-refractivity contribution in [1.29, 1.82) is 0 Å². The van der Waals surface area contributed by atoms with Gasteiger partial charge < -0.3 is 15.8 Å². The minimum Gasteiger partial charge on any atom is -0.385 e. The fourth-order valence-electron chi connectivity index (χ4n) is 1.56. The summed E-state index contributed by atoms with van der Waals surface area (Å²) in [6.45, 7) is 0.453. The zero-order valence-corrected chi connectivity index (χ0v) is 11.2. The van der Waals surface area contributed by atoms with Crippen molar-refractivity contribution in [2.24, 2.45) is 14.1 Å². The third kappa shape index (κ3) is 3.22. The molecule has 3 N–H and O–H groups in total. The highest BCUT2D eigenvalue weighted by Crippen LogP contribution is 2.09. The number of nitrogens with zero attached hydrogens (tertiary/aromatic N) is 2. The summed E-state index contributed by atoms with van der Waals surface area (Å²) < 4.78 is 6.82. The fourth-order valence-corrected chi connectivity index (χ4v) is 1.56. The first-order valence-electron chi connectivity index (χ1n) is 5.74. The highest BCUT2D eigenvalue weighted by atomic mass is 16.5. The molecule has 0 fully saturated rings.